The third-order valence-electron chi connectivity index (χ3n) is 4.11. The molecule has 0 aliphatic heterocycles. The van der Waals surface area contributed by atoms with Crippen molar-refractivity contribution in [3.05, 3.63) is 98.3 Å². The van der Waals surface area contributed by atoms with Crippen LogP contribution in [0, 0.1) is 29.1 Å². The summed E-state index contributed by atoms with van der Waals surface area (Å²) in [5, 5.41) is 4.04. The second-order valence-electron chi connectivity index (χ2n) is 6.24. The molecule has 3 rings (SSSR count). The third kappa shape index (κ3) is 5.17. The van der Waals surface area contributed by atoms with Crippen molar-refractivity contribution in [2.45, 2.75) is 6.61 Å². The highest BCUT2D eigenvalue weighted by molar-refractivity contribution is 6.42. The molecule has 0 fully saturated rings. The number of nitrogens with one attached hydrogen (secondary N) is 1. The monoisotopic (exact) mass is 488 g/mol. The van der Waals surface area contributed by atoms with Crippen molar-refractivity contribution in [1.82, 2.24) is 5.43 Å². The number of hydrogen-bond donors (Lipinski definition) is 1. The van der Waals surface area contributed by atoms with E-state index in [0.29, 0.717) is 22.0 Å². The van der Waals surface area contributed by atoms with Crippen molar-refractivity contribution in [2.75, 3.05) is 0 Å². The van der Waals surface area contributed by atoms with Gasteiger partial charge in [-0.15, -0.1) is 0 Å². The highest BCUT2D eigenvalue weighted by Gasteiger charge is 2.24. The topological polar surface area (TPSA) is 50.7 Å². The zero-order valence-electron chi connectivity index (χ0n) is 15.7. The number of carbonyl (C=O) groups is 1. The van der Waals surface area contributed by atoms with Crippen LogP contribution in [0.25, 0.3) is 0 Å². The molecular weight excluding hydrogens is 478 g/mol. The fourth-order valence-corrected chi connectivity index (χ4v) is 2.77. The number of benzene rings is 3. The summed E-state index contributed by atoms with van der Waals surface area (Å²) >= 11 is 11.8. The van der Waals surface area contributed by atoms with Gasteiger partial charge in [-0.1, -0.05) is 29.3 Å². The summed E-state index contributed by atoms with van der Waals surface area (Å²) in [5.74, 6) is -11.0. The van der Waals surface area contributed by atoms with Gasteiger partial charge in [0, 0.05) is 5.56 Å². The minimum Gasteiger partial charge on any atom is -0.489 e. The van der Waals surface area contributed by atoms with E-state index in [-0.39, 0.29) is 12.2 Å². The molecular formula is C21H11Cl2F5N2O2. The van der Waals surface area contributed by atoms with Gasteiger partial charge in [0.2, 0.25) is 5.82 Å². The first kappa shape index (κ1) is 23.5. The SMILES string of the molecule is O=C(N/N=C\c1c(F)c(F)c(F)c(F)c1F)c1ccc(OCc2ccc(Cl)c(Cl)c2)cc1. The Labute approximate surface area is 188 Å². The van der Waals surface area contributed by atoms with Gasteiger partial charge in [0.25, 0.3) is 5.91 Å². The first-order valence-corrected chi connectivity index (χ1v) is 9.46. The van der Waals surface area contributed by atoms with Crippen molar-refractivity contribution in [3.63, 3.8) is 0 Å². The van der Waals surface area contributed by atoms with Crippen LogP contribution in [0.1, 0.15) is 21.5 Å². The maximum atomic E-state index is 13.6. The first-order chi connectivity index (χ1) is 15.2. The lowest BCUT2D eigenvalue weighted by Crippen LogP contribution is -2.18. The van der Waals surface area contributed by atoms with Crippen LogP contribution in [0.4, 0.5) is 22.0 Å². The molecule has 4 nitrogen and oxygen atoms in total. The van der Waals surface area contributed by atoms with Gasteiger partial charge in [0.1, 0.15) is 12.4 Å². The molecule has 0 heterocycles. The normalized spacial score (nSPS) is 11.1. The Morgan fingerprint density at radius 2 is 1.47 bits per heavy atom. The molecule has 166 valence electrons. The Hall–Kier alpha value is -3.17. The number of ether oxygens (including phenoxy) is 1. The number of hydrazone groups is 1. The van der Waals surface area contributed by atoms with Gasteiger partial charge in [-0.2, -0.15) is 5.10 Å². The summed E-state index contributed by atoms with van der Waals surface area (Å²) in [6.45, 7) is 0.189. The molecule has 0 saturated heterocycles. The third-order valence-corrected chi connectivity index (χ3v) is 4.85. The second-order valence-corrected chi connectivity index (χ2v) is 7.06. The number of nitrogens with zero attached hydrogens (tertiary/aromatic N) is 1. The van der Waals surface area contributed by atoms with E-state index in [1.807, 2.05) is 5.43 Å². The molecule has 0 spiro atoms. The quantitative estimate of drug-likeness (QED) is 0.151. The van der Waals surface area contributed by atoms with Gasteiger partial charge >= 0.3 is 0 Å². The van der Waals surface area contributed by atoms with Gasteiger partial charge in [0.15, 0.2) is 23.3 Å². The summed E-state index contributed by atoms with van der Waals surface area (Å²) in [6, 6.07) is 10.7. The van der Waals surface area contributed by atoms with Crippen LogP contribution in [0.5, 0.6) is 5.75 Å². The Morgan fingerprint density at radius 1 is 0.875 bits per heavy atom. The summed E-state index contributed by atoms with van der Waals surface area (Å²) in [6.07, 6.45) is 0.322. The van der Waals surface area contributed by atoms with Gasteiger partial charge < -0.3 is 4.74 Å². The van der Waals surface area contributed by atoms with E-state index in [1.165, 1.54) is 24.3 Å². The molecule has 3 aromatic carbocycles. The Balaban J connectivity index is 1.62. The summed E-state index contributed by atoms with van der Waals surface area (Å²) in [4.78, 5) is 12.1. The van der Waals surface area contributed by atoms with Gasteiger partial charge in [0.05, 0.1) is 21.8 Å². The average Bonchev–Trinajstić information content (AvgIpc) is 2.79. The van der Waals surface area contributed by atoms with Crippen molar-refractivity contribution >= 4 is 35.3 Å². The highest BCUT2D eigenvalue weighted by atomic mass is 35.5. The zero-order chi connectivity index (χ0) is 23.4. The molecule has 0 aliphatic rings. The Kier molecular flexibility index (Phi) is 7.32. The average molecular weight is 489 g/mol. The van der Waals surface area contributed by atoms with Crippen LogP contribution in [-0.4, -0.2) is 12.1 Å². The first-order valence-electron chi connectivity index (χ1n) is 8.70. The van der Waals surface area contributed by atoms with E-state index in [0.717, 1.165) is 5.56 Å². The molecule has 0 atom stereocenters. The van der Waals surface area contributed by atoms with E-state index in [1.54, 1.807) is 18.2 Å². The van der Waals surface area contributed by atoms with Gasteiger partial charge in [-0.25, -0.2) is 27.4 Å². The number of amides is 1. The lowest BCUT2D eigenvalue weighted by Gasteiger charge is -2.08. The maximum Gasteiger partial charge on any atom is 0.271 e. The minimum atomic E-state index is -2.29. The maximum absolute atomic E-state index is 13.6. The molecule has 1 N–H and O–H groups in total. The molecule has 0 aliphatic carbocycles. The molecule has 0 aromatic heterocycles. The summed E-state index contributed by atoms with van der Waals surface area (Å²) < 4.78 is 72.1. The molecule has 32 heavy (non-hydrogen) atoms. The van der Waals surface area contributed by atoms with Crippen LogP contribution in [0.3, 0.4) is 0 Å². The van der Waals surface area contributed by atoms with E-state index in [2.05, 4.69) is 5.10 Å². The molecule has 11 heteroatoms. The number of carbonyl (C=O) groups excluding carboxylic acids is 1. The molecule has 0 radical (unpaired) electrons. The predicted octanol–water partition coefficient (Wildman–Crippen LogP) is 6.03. The van der Waals surface area contributed by atoms with Crippen LogP contribution in [0.15, 0.2) is 47.6 Å². The molecule has 3 aromatic rings. The van der Waals surface area contributed by atoms with Gasteiger partial charge in [-0.3, -0.25) is 4.79 Å². The van der Waals surface area contributed by atoms with E-state index in [9.17, 15) is 26.7 Å². The van der Waals surface area contributed by atoms with E-state index in [4.69, 9.17) is 27.9 Å². The van der Waals surface area contributed by atoms with Crippen molar-refractivity contribution in [2.24, 2.45) is 5.10 Å². The van der Waals surface area contributed by atoms with Crippen molar-refractivity contribution < 1.29 is 31.5 Å². The number of halogens is 7. The Bertz CT molecular complexity index is 1170. The summed E-state index contributed by atoms with van der Waals surface area (Å²) in [7, 11) is 0. The van der Waals surface area contributed by atoms with E-state index < -0.39 is 40.6 Å². The van der Waals surface area contributed by atoms with Crippen LogP contribution < -0.4 is 10.2 Å². The smallest absolute Gasteiger partial charge is 0.271 e. The van der Waals surface area contributed by atoms with E-state index >= 15 is 0 Å². The van der Waals surface area contributed by atoms with Crippen molar-refractivity contribution in [3.8, 4) is 5.75 Å². The number of hydrogen-bond acceptors (Lipinski definition) is 3. The molecule has 1 amide bonds. The van der Waals surface area contributed by atoms with Crippen LogP contribution in [0.2, 0.25) is 10.0 Å². The fourth-order valence-electron chi connectivity index (χ4n) is 2.45. The lowest BCUT2D eigenvalue weighted by atomic mass is 10.2. The zero-order valence-corrected chi connectivity index (χ0v) is 17.2. The highest BCUT2D eigenvalue weighted by Crippen LogP contribution is 2.24. The standard InChI is InChI=1S/C21H11Cl2F5N2O2/c22-14-6-1-10(7-15(14)23)9-32-12-4-2-11(3-5-12)21(31)30-29-8-13-16(24)18(26)20(28)19(27)17(13)25/h1-8H,9H2,(H,30,31)/b29-8-. The molecule has 0 unspecified atom stereocenters. The fraction of sp³-hybridized carbons (Fsp3) is 0.0476. The van der Waals surface area contributed by atoms with Crippen LogP contribution in [-0.2, 0) is 6.61 Å². The minimum absolute atomic E-state index is 0.0986. The largest absolute Gasteiger partial charge is 0.489 e. The Morgan fingerprint density at radius 3 is 2.06 bits per heavy atom. The lowest BCUT2D eigenvalue weighted by molar-refractivity contribution is 0.0955. The molecule has 0 bridgehead atoms. The summed E-state index contributed by atoms with van der Waals surface area (Å²) in [5.41, 5.74) is 1.52. The predicted molar refractivity (Wildman–Crippen MR) is 109 cm³/mol. The van der Waals surface area contributed by atoms with Gasteiger partial charge in [-0.05, 0) is 42.0 Å². The van der Waals surface area contributed by atoms with Crippen LogP contribution >= 0.6 is 23.2 Å². The molecule has 0 saturated carbocycles. The van der Waals surface area contributed by atoms with Crippen molar-refractivity contribution in [1.29, 1.82) is 0 Å². The number of rotatable bonds is 6. The second kappa shape index (κ2) is 9.97.